The summed E-state index contributed by atoms with van der Waals surface area (Å²) < 4.78 is 0. The first-order valence-corrected chi connectivity index (χ1v) is 6.31. The van der Waals surface area contributed by atoms with Gasteiger partial charge < -0.3 is 15.7 Å². The third kappa shape index (κ3) is 3.04. The number of β-amino-alcohol motifs (C(OH)–C–C–N with tert-alkyl or cyclic N) is 1. The van der Waals surface area contributed by atoms with Gasteiger partial charge in [-0.25, -0.2) is 0 Å². The summed E-state index contributed by atoms with van der Waals surface area (Å²) in [6.07, 6.45) is 0.107. The summed E-state index contributed by atoms with van der Waals surface area (Å²) in [7, 11) is 0. The number of aliphatic hydroxyl groups excluding tert-OH is 1. The van der Waals surface area contributed by atoms with Crippen LogP contribution < -0.4 is 10.6 Å². The molecule has 88 valence electrons. The van der Waals surface area contributed by atoms with E-state index in [9.17, 15) is 9.90 Å². The van der Waals surface area contributed by atoms with Crippen molar-refractivity contribution in [2.24, 2.45) is 5.92 Å². The molecule has 0 saturated carbocycles. The van der Waals surface area contributed by atoms with Gasteiger partial charge in [0.05, 0.1) is 12.5 Å². The first kappa shape index (κ1) is 11.6. The number of amides is 1. The first-order valence-electron chi connectivity index (χ1n) is 5.43. The zero-order valence-electron chi connectivity index (χ0n) is 8.98. The maximum Gasteiger partial charge on any atom is 0.225 e. The lowest BCUT2D eigenvalue weighted by atomic mass is 10.1. The standard InChI is InChI=1S/C11H16N2O2S/c14-10-7-12-5-8(10)6-13-11(15)4-9-2-1-3-16-9/h1-3,8,10,12,14H,4-7H2,(H,13,15). The molecule has 3 N–H and O–H groups in total. The Labute approximate surface area is 98.7 Å². The summed E-state index contributed by atoms with van der Waals surface area (Å²) in [5.74, 6) is 0.175. The van der Waals surface area contributed by atoms with Gasteiger partial charge in [-0.15, -0.1) is 11.3 Å². The molecular formula is C11H16N2O2S. The quantitative estimate of drug-likeness (QED) is 0.693. The second kappa shape index (κ2) is 5.43. The van der Waals surface area contributed by atoms with Crippen molar-refractivity contribution in [3.63, 3.8) is 0 Å². The predicted molar refractivity (Wildman–Crippen MR) is 63.4 cm³/mol. The Balaban J connectivity index is 1.71. The topological polar surface area (TPSA) is 61.4 Å². The lowest BCUT2D eigenvalue weighted by Crippen LogP contribution is -2.35. The van der Waals surface area contributed by atoms with E-state index in [2.05, 4.69) is 10.6 Å². The normalized spacial score (nSPS) is 24.6. The van der Waals surface area contributed by atoms with Crippen LogP contribution in [0.1, 0.15) is 4.88 Å². The smallest absolute Gasteiger partial charge is 0.225 e. The van der Waals surface area contributed by atoms with Crippen molar-refractivity contribution < 1.29 is 9.90 Å². The average molecular weight is 240 g/mol. The van der Waals surface area contributed by atoms with Crippen LogP contribution in [0, 0.1) is 5.92 Å². The summed E-state index contributed by atoms with van der Waals surface area (Å²) in [6.45, 7) is 1.96. The van der Waals surface area contributed by atoms with Crippen LogP contribution in [0.25, 0.3) is 0 Å². The molecule has 1 aromatic rings. The minimum Gasteiger partial charge on any atom is -0.391 e. The highest BCUT2D eigenvalue weighted by atomic mass is 32.1. The van der Waals surface area contributed by atoms with Gasteiger partial charge in [0.25, 0.3) is 0 Å². The van der Waals surface area contributed by atoms with E-state index in [-0.39, 0.29) is 17.9 Å². The molecule has 0 spiro atoms. The molecule has 0 radical (unpaired) electrons. The van der Waals surface area contributed by atoms with Crippen LogP contribution in [-0.2, 0) is 11.2 Å². The zero-order chi connectivity index (χ0) is 11.4. The highest BCUT2D eigenvalue weighted by molar-refractivity contribution is 7.10. The van der Waals surface area contributed by atoms with Crippen molar-refractivity contribution in [3.8, 4) is 0 Å². The number of carbonyl (C=O) groups is 1. The third-order valence-corrected chi connectivity index (χ3v) is 3.66. The second-order valence-electron chi connectivity index (χ2n) is 4.05. The van der Waals surface area contributed by atoms with Gasteiger partial charge in [-0.1, -0.05) is 6.07 Å². The summed E-state index contributed by atoms with van der Waals surface area (Å²) in [6, 6.07) is 3.90. The van der Waals surface area contributed by atoms with Crippen LogP contribution in [0.5, 0.6) is 0 Å². The molecule has 2 heterocycles. The van der Waals surface area contributed by atoms with E-state index in [0.717, 1.165) is 11.4 Å². The molecule has 2 rings (SSSR count). The van der Waals surface area contributed by atoms with E-state index in [0.29, 0.717) is 19.5 Å². The first-order chi connectivity index (χ1) is 7.75. The number of rotatable bonds is 4. The fraction of sp³-hybridized carbons (Fsp3) is 0.545. The molecule has 0 aromatic carbocycles. The molecule has 5 heteroatoms. The van der Waals surface area contributed by atoms with Gasteiger partial charge in [0.2, 0.25) is 5.91 Å². The molecule has 2 unspecified atom stereocenters. The Hall–Kier alpha value is -0.910. The van der Waals surface area contributed by atoms with Gasteiger partial charge in [-0.05, 0) is 11.4 Å². The van der Waals surface area contributed by atoms with Crippen molar-refractivity contribution in [2.45, 2.75) is 12.5 Å². The SMILES string of the molecule is O=C(Cc1cccs1)NCC1CNCC1O. The molecule has 1 fully saturated rings. The lowest BCUT2D eigenvalue weighted by molar-refractivity contribution is -0.120. The molecule has 1 aliphatic rings. The molecule has 2 atom stereocenters. The van der Waals surface area contributed by atoms with Crippen molar-refractivity contribution in [1.82, 2.24) is 10.6 Å². The summed E-state index contributed by atoms with van der Waals surface area (Å²) in [5, 5.41) is 17.5. The maximum absolute atomic E-state index is 11.6. The highest BCUT2D eigenvalue weighted by Crippen LogP contribution is 2.10. The zero-order valence-corrected chi connectivity index (χ0v) is 9.80. The van der Waals surface area contributed by atoms with E-state index in [1.807, 2.05) is 17.5 Å². The fourth-order valence-electron chi connectivity index (χ4n) is 1.81. The van der Waals surface area contributed by atoms with E-state index in [1.165, 1.54) is 0 Å². The lowest BCUT2D eigenvalue weighted by Gasteiger charge is -2.13. The number of hydrogen-bond acceptors (Lipinski definition) is 4. The molecule has 4 nitrogen and oxygen atoms in total. The van der Waals surface area contributed by atoms with Gasteiger partial charge in [-0.2, -0.15) is 0 Å². The molecule has 1 saturated heterocycles. The fourth-order valence-corrected chi connectivity index (χ4v) is 2.51. The van der Waals surface area contributed by atoms with Crippen molar-refractivity contribution in [1.29, 1.82) is 0 Å². The van der Waals surface area contributed by atoms with Crippen LogP contribution in [0.4, 0.5) is 0 Å². The van der Waals surface area contributed by atoms with Crippen LogP contribution in [0.2, 0.25) is 0 Å². The third-order valence-electron chi connectivity index (χ3n) is 2.78. The van der Waals surface area contributed by atoms with Crippen molar-refractivity contribution in [2.75, 3.05) is 19.6 Å². The minimum absolute atomic E-state index is 0.0292. The number of carbonyl (C=O) groups excluding carboxylic acids is 1. The van der Waals surface area contributed by atoms with Crippen LogP contribution in [-0.4, -0.2) is 36.8 Å². The van der Waals surface area contributed by atoms with Gasteiger partial charge in [0.15, 0.2) is 0 Å². The van der Waals surface area contributed by atoms with E-state index < -0.39 is 0 Å². The number of thiophene rings is 1. The molecule has 1 amide bonds. The number of hydrogen-bond donors (Lipinski definition) is 3. The van der Waals surface area contributed by atoms with E-state index in [1.54, 1.807) is 11.3 Å². The Kier molecular flexibility index (Phi) is 3.93. The molecule has 16 heavy (non-hydrogen) atoms. The minimum atomic E-state index is -0.331. The summed E-state index contributed by atoms with van der Waals surface area (Å²) in [5.41, 5.74) is 0. The van der Waals surface area contributed by atoms with E-state index >= 15 is 0 Å². The Morgan fingerprint density at radius 3 is 3.12 bits per heavy atom. The second-order valence-corrected chi connectivity index (χ2v) is 5.08. The van der Waals surface area contributed by atoms with Crippen molar-refractivity contribution >= 4 is 17.2 Å². The number of aliphatic hydroxyl groups is 1. The Bertz CT molecular complexity index is 340. The van der Waals surface area contributed by atoms with Crippen LogP contribution in [0.15, 0.2) is 17.5 Å². The average Bonchev–Trinajstić information content (AvgIpc) is 2.87. The molecular weight excluding hydrogens is 224 g/mol. The van der Waals surface area contributed by atoms with Gasteiger partial charge in [0.1, 0.15) is 0 Å². The largest absolute Gasteiger partial charge is 0.391 e. The predicted octanol–water partition coefficient (Wildman–Crippen LogP) is -0.0129. The maximum atomic E-state index is 11.6. The van der Waals surface area contributed by atoms with Gasteiger partial charge >= 0.3 is 0 Å². The van der Waals surface area contributed by atoms with Gasteiger partial charge in [-0.3, -0.25) is 4.79 Å². The van der Waals surface area contributed by atoms with Crippen LogP contribution >= 0.6 is 11.3 Å². The summed E-state index contributed by atoms with van der Waals surface area (Å²) >= 11 is 1.59. The Morgan fingerprint density at radius 2 is 2.50 bits per heavy atom. The van der Waals surface area contributed by atoms with Crippen LogP contribution in [0.3, 0.4) is 0 Å². The molecule has 0 aliphatic carbocycles. The van der Waals surface area contributed by atoms with Gasteiger partial charge in [0, 0.05) is 30.4 Å². The van der Waals surface area contributed by atoms with Crippen molar-refractivity contribution in [3.05, 3.63) is 22.4 Å². The Morgan fingerprint density at radius 1 is 1.62 bits per heavy atom. The van der Waals surface area contributed by atoms with E-state index in [4.69, 9.17) is 0 Å². The molecule has 1 aliphatic heterocycles. The molecule has 0 bridgehead atoms. The highest BCUT2D eigenvalue weighted by Gasteiger charge is 2.24. The molecule has 1 aromatic heterocycles. The monoisotopic (exact) mass is 240 g/mol. The summed E-state index contributed by atoms with van der Waals surface area (Å²) in [4.78, 5) is 12.6. The number of nitrogens with one attached hydrogen (secondary N) is 2.